The molecule has 0 saturated carbocycles. The minimum atomic E-state index is -0.145. The van der Waals surface area contributed by atoms with Crippen LogP contribution in [-0.2, 0) is 0 Å². The molecule has 0 aliphatic heterocycles. The Bertz CT molecular complexity index is 1100. The van der Waals surface area contributed by atoms with E-state index in [0.717, 1.165) is 22.6 Å². The Labute approximate surface area is 170 Å². The van der Waals surface area contributed by atoms with E-state index in [1.165, 1.54) is 6.08 Å². The van der Waals surface area contributed by atoms with Crippen molar-refractivity contribution in [3.63, 3.8) is 0 Å². The van der Waals surface area contributed by atoms with Crippen LogP contribution in [0, 0.1) is 0 Å². The molecule has 140 valence electrons. The lowest BCUT2D eigenvalue weighted by atomic mass is 10.00. The van der Waals surface area contributed by atoms with Crippen LogP contribution in [0.15, 0.2) is 116 Å². The van der Waals surface area contributed by atoms with E-state index in [0.29, 0.717) is 11.3 Å². The predicted octanol–water partition coefficient (Wildman–Crippen LogP) is 6.59. The summed E-state index contributed by atoms with van der Waals surface area (Å²) in [5.41, 5.74) is 5.06. The largest absolute Gasteiger partial charge is 0.310 e. The predicted molar refractivity (Wildman–Crippen MR) is 119 cm³/mol. The van der Waals surface area contributed by atoms with Gasteiger partial charge in [-0.3, -0.25) is 9.78 Å². The van der Waals surface area contributed by atoms with Crippen molar-refractivity contribution >= 4 is 22.8 Å². The van der Waals surface area contributed by atoms with Gasteiger partial charge in [0.05, 0.1) is 11.4 Å². The topological polar surface area (TPSA) is 33.2 Å². The molecule has 0 amide bonds. The number of hydrogen-bond donors (Lipinski definition) is 0. The summed E-state index contributed by atoms with van der Waals surface area (Å²) in [5, 5.41) is 0. The fraction of sp³-hybridized carbons (Fsp3) is 0. The SMILES string of the molecule is C=CC(=O)c1cccnc1-c1ccccc1N(c1ccccc1)c1ccccc1. The molecule has 0 aliphatic carbocycles. The van der Waals surface area contributed by atoms with Crippen molar-refractivity contribution in [1.82, 2.24) is 4.98 Å². The molecule has 3 nitrogen and oxygen atoms in total. The number of hydrogen-bond acceptors (Lipinski definition) is 3. The zero-order valence-electron chi connectivity index (χ0n) is 15.9. The van der Waals surface area contributed by atoms with E-state index >= 15 is 0 Å². The number of ketones is 1. The summed E-state index contributed by atoms with van der Waals surface area (Å²) in [7, 11) is 0. The van der Waals surface area contributed by atoms with Gasteiger partial charge in [0.25, 0.3) is 0 Å². The highest BCUT2D eigenvalue weighted by Gasteiger charge is 2.20. The Morgan fingerprint density at radius 1 is 0.759 bits per heavy atom. The van der Waals surface area contributed by atoms with Crippen LogP contribution in [0.3, 0.4) is 0 Å². The molecule has 3 aromatic carbocycles. The van der Waals surface area contributed by atoms with Crippen LogP contribution in [-0.4, -0.2) is 10.8 Å². The molecule has 1 heterocycles. The van der Waals surface area contributed by atoms with E-state index in [2.05, 4.69) is 40.7 Å². The van der Waals surface area contributed by atoms with Gasteiger partial charge >= 0.3 is 0 Å². The fourth-order valence-electron chi connectivity index (χ4n) is 3.38. The fourth-order valence-corrected chi connectivity index (χ4v) is 3.38. The molecule has 0 aliphatic rings. The number of aromatic nitrogens is 1. The van der Waals surface area contributed by atoms with E-state index in [4.69, 9.17) is 0 Å². The minimum Gasteiger partial charge on any atom is -0.310 e. The Morgan fingerprint density at radius 3 is 1.97 bits per heavy atom. The summed E-state index contributed by atoms with van der Waals surface area (Å²) < 4.78 is 0. The molecule has 0 unspecified atom stereocenters. The van der Waals surface area contributed by atoms with Gasteiger partial charge in [0.1, 0.15) is 0 Å². The van der Waals surface area contributed by atoms with Crippen molar-refractivity contribution in [3.8, 4) is 11.3 Å². The molecule has 0 N–H and O–H groups in total. The highest BCUT2D eigenvalue weighted by atomic mass is 16.1. The Balaban J connectivity index is 1.96. The second-order valence-electron chi connectivity index (χ2n) is 6.49. The monoisotopic (exact) mass is 376 g/mol. The highest BCUT2D eigenvalue weighted by molar-refractivity contribution is 6.09. The minimum absolute atomic E-state index is 0.145. The Kier molecular flexibility index (Phi) is 5.30. The van der Waals surface area contributed by atoms with E-state index < -0.39 is 0 Å². The summed E-state index contributed by atoms with van der Waals surface area (Å²) in [6.07, 6.45) is 3.04. The zero-order valence-corrected chi connectivity index (χ0v) is 15.9. The van der Waals surface area contributed by atoms with Crippen LogP contribution in [0.25, 0.3) is 11.3 Å². The van der Waals surface area contributed by atoms with Gasteiger partial charge in [0.15, 0.2) is 5.78 Å². The summed E-state index contributed by atoms with van der Waals surface area (Å²) >= 11 is 0. The molecule has 29 heavy (non-hydrogen) atoms. The van der Waals surface area contributed by atoms with E-state index in [9.17, 15) is 4.79 Å². The molecule has 3 heteroatoms. The Hall–Kier alpha value is -3.98. The van der Waals surface area contributed by atoms with Crippen LogP contribution in [0.4, 0.5) is 17.1 Å². The first-order valence-corrected chi connectivity index (χ1v) is 9.41. The van der Waals surface area contributed by atoms with Crippen molar-refractivity contribution in [2.75, 3.05) is 4.90 Å². The number of allylic oxidation sites excluding steroid dienone is 1. The maximum Gasteiger partial charge on any atom is 0.187 e. The molecule has 0 saturated heterocycles. The number of rotatable bonds is 6. The molecule has 1 aromatic heterocycles. The van der Waals surface area contributed by atoms with Gasteiger partial charge in [-0.05, 0) is 48.5 Å². The van der Waals surface area contributed by atoms with Gasteiger partial charge < -0.3 is 4.90 Å². The van der Waals surface area contributed by atoms with Crippen LogP contribution in [0.2, 0.25) is 0 Å². The molecule has 0 radical (unpaired) electrons. The van der Waals surface area contributed by atoms with Crippen LogP contribution < -0.4 is 4.90 Å². The number of para-hydroxylation sites is 3. The summed E-state index contributed by atoms with van der Waals surface area (Å²) in [6, 6.07) is 31.9. The second kappa shape index (κ2) is 8.36. The molecule has 0 spiro atoms. The number of carbonyl (C=O) groups excluding carboxylic acids is 1. The molecule has 0 fully saturated rings. The first-order valence-electron chi connectivity index (χ1n) is 9.41. The van der Waals surface area contributed by atoms with Crippen LogP contribution in [0.1, 0.15) is 10.4 Å². The summed E-state index contributed by atoms with van der Waals surface area (Å²) in [6.45, 7) is 3.64. The number of pyridine rings is 1. The van der Waals surface area contributed by atoms with Crippen molar-refractivity contribution in [2.24, 2.45) is 0 Å². The first-order chi connectivity index (χ1) is 14.3. The maximum absolute atomic E-state index is 12.5. The summed E-state index contributed by atoms with van der Waals surface area (Å²) in [5.74, 6) is -0.145. The smallest absolute Gasteiger partial charge is 0.187 e. The number of nitrogens with zero attached hydrogens (tertiary/aromatic N) is 2. The van der Waals surface area contributed by atoms with Crippen molar-refractivity contribution in [1.29, 1.82) is 0 Å². The van der Waals surface area contributed by atoms with Gasteiger partial charge in [-0.1, -0.05) is 61.2 Å². The zero-order chi connectivity index (χ0) is 20.1. The van der Waals surface area contributed by atoms with Gasteiger partial charge in [-0.25, -0.2) is 0 Å². The molecule has 4 rings (SSSR count). The van der Waals surface area contributed by atoms with Crippen LogP contribution >= 0.6 is 0 Å². The van der Waals surface area contributed by atoms with Crippen molar-refractivity contribution in [2.45, 2.75) is 0 Å². The van der Waals surface area contributed by atoms with Crippen molar-refractivity contribution in [3.05, 3.63) is 121 Å². The highest BCUT2D eigenvalue weighted by Crippen LogP contribution is 2.40. The van der Waals surface area contributed by atoms with Gasteiger partial charge in [-0.15, -0.1) is 0 Å². The number of anilines is 3. The van der Waals surface area contributed by atoms with E-state index in [1.54, 1.807) is 18.3 Å². The average molecular weight is 376 g/mol. The van der Waals surface area contributed by atoms with Crippen molar-refractivity contribution < 1.29 is 4.79 Å². The Morgan fingerprint density at radius 2 is 1.34 bits per heavy atom. The lowest BCUT2D eigenvalue weighted by Crippen LogP contribution is -2.12. The maximum atomic E-state index is 12.5. The third-order valence-electron chi connectivity index (χ3n) is 4.69. The third-order valence-corrected chi connectivity index (χ3v) is 4.69. The van der Waals surface area contributed by atoms with Gasteiger partial charge in [-0.2, -0.15) is 0 Å². The third kappa shape index (κ3) is 3.71. The van der Waals surface area contributed by atoms with Gasteiger partial charge in [0.2, 0.25) is 0 Å². The quantitative estimate of drug-likeness (QED) is 0.281. The molecular weight excluding hydrogens is 356 g/mol. The first kappa shape index (κ1) is 18.4. The van der Waals surface area contributed by atoms with E-state index in [-0.39, 0.29) is 5.78 Å². The normalized spacial score (nSPS) is 10.3. The number of carbonyl (C=O) groups is 1. The van der Waals surface area contributed by atoms with E-state index in [1.807, 2.05) is 60.7 Å². The average Bonchev–Trinajstić information content (AvgIpc) is 2.80. The lowest BCUT2D eigenvalue weighted by molar-refractivity contribution is 0.104. The number of benzene rings is 3. The van der Waals surface area contributed by atoms with Gasteiger partial charge in [0, 0.05) is 28.7 Å². The molecule has 0 atom stereocenters. The molecule has 0 bridgehead atoms. The molecular formula is C26H20N2O. The lowest BCUT2D eigenvalue weighted by Gasteiger charge is -2.27. The summed E-state index contributed by atoms with van der Waals surface area (Å²) in [4.78, 5) is 19.2. The molecule has 4 aromatic rings. The second-order valence-corrected chi connectivity index (χ2v) is 6.49. The van der Waals surface area contributed by atoms with Crippen LogP contribution in [0.5, 0.6) is 0 Å². The standard InChI is InChI=1S/C26H20N2O/c1-2-25(29)23-17-11-19-27-26(23)22-16-9-10-18-24(22)28(20-12-5-3-6-13-20)21-14-7-4-8-15-21/h2-19H,1H2.